The van der Waals surface area contributed by atoms with Gasteiger partial charge in [0.15, 0.2) is 0 Å². The Kier molecular flexibility index (Phi) is 5.19. The second-order valence-electron chi connectivity index (χ2n) is 7.02. The summed E-state index contributed by atoms with van der Waals surface area (Å²) in [6.45, 7) is 1.82. The van der Waals surface area contributed by atoms with Crippen LogP contribution in [0.25, 0.3) is 17.2 Å². The van der Waals surface area contributed by atoms with Crippen molar-refractivity contribution >= 4 is 23.2 Å². The average Bonchev–Trinajstić information content (AvgIpc) is 2.97. The van der Waals surface area contributed by atoms with Gasteiger partial charge in [-0.2, -0.15) is 0 Å². The van der Waals surface area contributed by atoms with E-state index in [0.29, 0.717) is 28.2 Å². The van der Waals surface area contributed by atoms with Crippen LogP contribution in [-0.2, 0) is 4.79 Å². The molecule has 30 heavy (non-hydrogen) atoms. The summed E-state index contributed by atoms with van der Waals surface area (Å²) in [5, 5.41) is 9.24. The molecule has 0 unspecified atom stereocenters. The largest absolute Gasteiger partial charge is 0.481 e. The van der Waals surface area contributed by atoms with Crippen molar-refractivity contribution in [3.63, 3.8) is 0 Å². The van der Waals surface area contributed by atoms with E-state index in [0.717, 1.165) is 16.7 Å². The SMILES string of the molecule is CC1=C(CC(=O)O)c2c(F)cccc2/C1=C\c1ccc(Oc2ccc(F)cc2)cc1. The second-order valence-corrected chi connectivity index (χ2v) is 7.02. The van der Waals surface area contributed by atoms with Crippen molar-refractivity contribution in [2.24, 2.45) is 0 Å². The lowest BCUT2D eigenvalue weighted by atomic mass is 10.0. The van der Waals surface area contributed by atoms with Crippen LogP contribution in [0.1, 0.15) is 30.0 Å². The molecule has 0 atom stereocenters. The summed E-state index contributed by atoms with van der Waals surface area (Å²) in [6.07, 6.45) is 1.67. The van der Waals surface area contributed by atoms with E-state index in [2.05, 4.69) is 0 Å². The fraction of sp³-hybridized carbons (Fsp3) is 0.0800. The fourth-order valence-corrected chi connectivity index (χ4v) is 3.60. The number of allylic oxidation sites excluding steroid dienone is 2. The highest BCUT2D eigenvalue weighted by atomic mass is 19.1. The van der Waals surface area contributed by atoms with Gasteiger partial charge in [-0.1, -0.05) is 24.3 Å². The van der Waals surface area contributed by atoms with Crippen LogP contribution in [0, 0.1) is 11.6 Å². The summed E-state index contributed by atoms with van der Waals surface area (Å²) in [5.74, 6) is -0.625. The summed E-state index contributed by atoms with van der Waals surface area (Å²) < 4.78 is 33.2. The normalized spacial score (nSPS) is 14.2. The molecule has 0 aliphatic heterocycles. The minimum absolute atomic E-state index is 0.235. The minimum atomic E-state index is -0.998. The van der Waals surface area contributed by atoms with E-state index in [1.165, 1.54) is 18.2 Å². The van der Waals surface area contributed by atoms with Crippen molar-refractivity contribution in [2.45, 2.75) is 13.3 Å². The van der Waals surface area contributed by atoms with Gasteiger partial charge in [0.1, 0.15) is 23.1 Å². The molecule has 3 aromatic rings. The first-order valence-electron chi connectivity index (χ1n) is 9.39. The van der Waals surface area contributed by atoms with Crippen molar-refractivity contribution in [1.29, 1.82) is 0 Å². The van der Waals surface area contributed by atoms with E-state index in [-0.39, 0.29) is 12.2 Å². The number of carboxylic acids is 1. The molecule has 150 valence electrons. The molecule has 0 fully saturated rings. The molecule has 1 N–H and O–H groups in total. The van der Waals surface area contributed by atoms with Crippen LogP contribution in [0.15, 0.2) is 72.3 Å². The van der Waals surface area contributed by atoms with Crippen molar-refractivity contribution in [3.8, 4) is 11.5 Å². The molecule has 0 saturated heterocycles. The van der Waals surface area contributed by atoms with Crippen molar-refractivity contribution in [2.75, 3.05) is 0 Å². The fourth-order valence-electron chi connectivity index (χ4n) is 3.60. The van der Waals surface area contributed by atoms with Gasteiger partial charge >= 0.3 is 5.97 Å². The van der Waals surface area contributed by atoms with E-state index >= 15 is 0 Å². The highest BCUT2D eigenvalue weighted by molar-refractivity contribution is 6.07. The Bertz CT molecular complexity index is 1170. The lowest BCUT2D eigenvalue weighted by Gasteiger charge is -2.07. The van der Waals surface area contributed by atoms with Crippen LogP contribution in [0.3, 0.4) is 0 Å². The number of benzene rings is 3. The summed E-state index contributed by atoms with van der Waals surface area (Å²) in [7, 11) is 0. The maximum Gasteiger partial charge on any atom is 0.307 e. The van der Waals surface area contributed by atoms with E-state index < -0.39 is 11.8 Å². The molecule has 0 amide bonds. The summed E-state index contributed by atoms with van der Waals surface area (Å²) >= 11 is 0. The maximum absolute atomic E-state index is 14.5. The van der Waals surface area contributed by atoms with Crippen LogP contribution in [0.2, 0.25) is 0 Å². The van der Waals surface area contributed by atoms with E-state index in [9.17, 15) is 18.7 Å². The van der Waals surface area contributed by atoms with Gasteiger partial charge in [0.25, 0.3) is 0 Å². The summed E-state index contributed by atoms with van der Waals surface area (Å²) in [5.41, 5.74) is 3.97. The number of hydrogen-bond acceptors (Lipinski definition) is 2. The standard InChI is InChI=1S/C25H18F2O3/c1-15-21(20-3-2-4-23(27)25(20)22(15)14-24(28)29)13-16-5-9-18(10-6-16)30-19-11-7-17(26)8-12-19/h2-13H,14H2,1H3,(H,28,29)/b21-13-. The Morgan fingerprint density at radius 1 is 0.967 bits per heavy atom. The van der Waals surface area contributed by atoms with Crippen LogP contribution in [-0.4, -0.2) is 11.1 Å². The Labute approximate surface area is 172 Å². The summed E-state index contributed by atoms with van der Waals surface area (Å²) in [6, 6.07) is 17.8. The van der Waals surface area contributed by atoms with Gasteiger partial charge in [0, 0.05) is 5.56 Å². The molecule has 1 aliphatic carbocycles. The Morgan fingerprint density at radius 2 is 1.60 bits per heavy atom. The molecule has 1 aliphatic rings. The quantitative estimate of drug-likeness (QED) is 0.524. The lowest BCUT2D eigenvalue weighted by molar-refractivity contribution is -0.135. The number of rotatable bonds is 5. The van der Waals surface area contributed by atoms with Crippen molar-refractivity contribution in [3.05, 3.63) is 101 Å². The van der Waals surface area contributed by atoms with Crippen LogP contribution < -0.4 is 4.74 Å². The van der Waals surface area contributed by atoms with Crippen LogP contribution in [0.5, 0.6) is 11.5 Å². The van der Waals surface area contributed by atoms with Gasteiger partial charge in [0.05, 0.1) is 6.42 Å². The average molecular weight is 404 g/mol. The van der Waals surface area contributed by atoms with Crippen LogP contribution >= 0.6 is 0 Å². The predicted molar refractivity (Wildman–Crippen MR) is 112 cm³/mol. The zero-order valence-corrected chi connectivity index (χ0v) is 16.2. The topological polar surface area (TPSA) is 46.5 Å². The molecule has 0 heterocycles. The number of fused-ring (bicyclic) bond motifs is 1. The second kappa shape index (κ2) is 7.95. The molecule has 0 bridgehead atoms. The highest BCUT2D eigenvalue weighted by Crippen LogP contribution is 2.44. The molecule has 5 heteroatoms. The molecule has 4 rings (SSSR count). The first-order chi connectivity index (χ1) is 14.4. The first-order valence-corrected chi connectivity index (χ1v) is 9.39. The number of carboxylic acid groups (broad SMARTS) is 1. The maximum atomic E-state index is 14.5. The Balaban J connectivity index is 1.65. The zero-order valence-electron chi connectivity index (χ0n) is 16.2. The third kappa shape index (κ3) is 3.87. The number of halogens is 2. The lowest BCUT2D eigenvalue weighted by Crippen LogP contribution is -1.98. The van der Waals surface area contributed by atoms with E-state index in [1.807, 2.05) is 25.1 Å². The molecule has 0 saturated carbocycles. The van der Waals surface area contributed by atoms with Gasteiger partial charge < -0.3 is 9.84 Å². The number of aliphatic carboxylic acids is 1. The molecule has 3 aromatic carbocycles. The Morgan fingerprint density at radius 3 is 2.23 bits per heavy atom. The molecular weight excluding hydrogens is 386 g/mol. The van der Waals surface area contributed by atoms with Gasteiger partial charge in [-0.3, -0.25) is 4.79 Å². The van der Waals surface area contributed by atoms with Gasteiger partial charge in [0.2, 0.25) is 0 Å². The number of ether oxygens (including phenoxy) is 1. The molecule has 0 radical (unpaired) electrons. The minimum Gasteiger partial charge on any atom is -0.481 e. The third-order valence-electron chi connectivity index (χ3n) is 5.03. The van der Waals surface area contributed by atoms with Gasteiger partial charge in [-0.25, -0.2) is 8.78 Å². The number of hydrogen-bond donors (Lipinski definition) is 1. The van der Waals surface area contributed by atoms with E-state index in [1.54, 1.807) is 36.4 Å². The first kappa shape index (κ1) is 19.6. The van der Waals surface area contributed by atoms with E-state index in [4.69, 9.17) is 4.74 Å². The van der Waals surface area contributed by atoms with Gasteiger partial charge in [-0.05, 0) is 83.3 Å². The Hall–Kier alpha value is -3.73. The molecule has 0 spiro atoms. The highest BCUT2D eigenvalue weighted by Gasteiger charge is 2.27. The van der Waals surface area contributed by atoms with Gasteiger partial charge in [-0.15, -0.1) is 0 Å². The molecule has 3 nitrogen and oxygen atoms in total. The third-order valence-corrected chi connectivity index (χ3v) is 5.03. The monoisotopic (exact) mass is 404 g/mol. The van der Waals surface area contributed by atoms with Crippen molar-refractivity contribution < 1.29 is 23.4 Å². The summed E-state index contributed by atoms with van der Waals surface area (Å²) in [4.78, 5) is 11.3. The van der Waals surface area contributed by atoms with Crippen LogP contribution in [0.4, 0.5) is 8.78 Å². The zero-order chi connectivity index (χ0) is 21.3. The smallest absolute Gasteiger partial charge is 0.307 e. The number of carbonyl (C=O) groups is 1. The molecular formula is C25H18F2O3. The predicted octanol–water partition coefficient (Wildman–Crippen LogP) is 6.56. The molecule has 0 aromatic heterocycles. The van der Waals surface area contributed by atoms with Crippen molar-refractivity contribution in [1.82, 2.24) is 0 Å².